The van der Waals surface area contributed by atoms with E-state index in [1.165, 1.54) is 6.07 Å². The Kier molecular flexibility index (Phi) is 10.1. The maximum Gasteiger partial charge on any atom is 0.412 e. The molecule has 3 N–H and O–H groups in total. The molecule has 5 rings (SSSR count). The van der Waals surface area contributed by atoms with E-state index < -0.39 is 11.9 Å². The van der Waals surface area contributed by atoms with Gasteiger partial charge in [0, 0.05) is 50.7 Å². The van der Waals surface area contributed by atoms with E-state index in [1.54, 1.807) is 36.3 Å². The zero-order valence-corrected chi connectivity index (χ0v) is 24.8. The number of anilines is 1. The molecule has 43 heavy (non-hydrogen) atoms. The van der Waals surface area contributed by atoms with E-state index in [4.69, 9.17) is 16.3 Å². The molecular formula is C31H36ClFN6O4. The topological polar surface area (TPSA) is 116 Å². The van der Waals surface area contributed by atoms with E-state index >= 15 is 0 Å². The maximum absolute atomic E-state index is 13.7. The number of fused-ring (bicyclic) bond motifs is 1. The van der Waals surface area contributed by atoms with Crippen LogP contribution in [-0.4, -0.2) is 77.7 Å². The number of halogens is 2. The summed E-state index contributed by atoms with van der Waals surface area (Å²) in [6.07, 6.45) is 4.43. The molecule has 2 aliphatic rings. The number of benzene rings is 2. The van der Waals surface area contributed by atoms with Gasteiger partial charge < -0.3 is 15.0 Å². The van der Waals surface area contributed by atoms with Crippen LogP contribution in [0.5, 0.6) is 0 Å². The highest BCUT2D eigenvalue weighted by molar-refractivity contribution is 6.31. The van der Waals surface area contributed by atoms with Crippen LogP contribution in [0.25, 0.3) is 10.8 Å². The molecule has 1 saturated heterocycles. The van der Waals surface area contributed by atoms with Gasteiger partial charge in [0.15, 0.2) is 5.78 Å². The molecule has 0 bridgehead atoms. The zero-order valence-electron chi connectivity index (χ0n) is 24.0. The Balaban J connectivity index is 1.03. The van der Waals surface area contributed by atoms with Crippen LogP contribution in [0.2, 0.25) is 5.02 Å². The molecule has 228 valence electrons. The number of rotatable bonds is 11. The van der Waals surface area contributed by atoms with Crippen molar-refractivity contribution in [3.8, 4) is 0 Å². The second kappa shape index (κ2) is 14.1. The molecule has 3 aromatic rings. The standard InChI is InChI=1S/C31H36ClFN6O4/c1-38(30(41)36-17-22-9-6-10-24(33)29(22)32)28-19-39(23-12-13-23)25(18-35-28)26(40)11-4-5-14-43-31(42)37-27-15-20-7-2-3-8-21(20)16-34-27/h2-3,6-10,15-16,23,25,28,35H,4-5,11-14,17-19H2,1H3,(H,36,41)(H,34,37,42)/t25?,28-/m0/s1. The molecule has 2 aromatic carbocycles. The molecule has 2 heterocycles. The minimum absolute atomic E-state index is 0.00403. The number of carbonyl (C=O) groups excluding carboxylic acids is 3. The summed E-state index contributed by atoms with van der Waals surface area (Å²) in [6, 6.07) is 13.8. The summed E-state index contributed by atoms with van der Waals surface area (Å²) >= 11 is 6.01. The number of hydrogen-bond donors (Lipinski definition) is 3. The van der Waals surface area contributed by atoms with Crippen molar-refractivity contribution >= 4 is 46.1 Å². The Bertz CT molecular complexity index is 1470. The minimum atomic E-state index is -0.580. The molecule has 3 amide bonds. The molecule has 1 saturated carbocycles. The number of Topliss-reactive ketones (excluding diaryl/α,β-unsaturated/α-hetero) is 1. The summed E-state index contributed by atoms with van der Waals surface area (Å²) < 4.78 is 19.0. The Morgan fingerprint density at radius 2 is 1.93 bits per heavy atom. The van der Waals surface area contributed by atoms with Crippen molar-refractivity contribution in [2.75, 3.05) is 32.1 Å². The number of urea groups is 1. The number of likely N-dealkylation sites (N-methyl/N-ethyl adjacent to an activating group) is 1. The number of nitrogens with one attached hydrogen (secondary N) is 3. The van der Waals surface area contributed by atoms with Crippen LogP contribution in [-0.2, 0) is 16.1 Å². The van der Waals surface area contributed by atoms with Gasteiger partial charge in [-0.2, -0.15) is 0 Å². The first kappa shape index (κ1) is 30.7. The van der Waals surface area contributed by atoms with Gasteiger partial charge in [0.1, 0.15) is 11.6 Å². The van der Waals surface area contributed by atoms with Crippen molar-refractivity contribution in [3.05, 3.63) is 71.1 Å². The fourth-order valence-electron chi connectivity index (χ4n) is 5.27. The van der Waals surface area contributed by atoms with Crippen LogP contribution in [0.3, 0.4) is 0 Å². The van der Waals surface area contributed by atoms with Gasteiger partial charge in [-0.25, -0.2) is 19.0 Å². The molecule has 0 radical (unpaired) electrons. The molecule has 1 aliphatic carbocycles. The smallest absolute Gasteiger partial charge is 0.412 e. The van der Waals surface area contributed by atoms with Crippen molar-refractivity contribution < 1.29 is 23.5 Å². The number of ether oxygens (including phenoxy) is 1. The highest BCUT2D eigenvalue weighted by Gasteiger charge is 2.42. The minimum Gasteiger partial charge on any atom is -0.449 e. The van der Waals surface area contributed by atoms with Gasteiger partial charge in [-0.05, 0) is 48.8 Å². The van der Waals surface area contributed by atoms with Gasteiger partial charge in [-0.3, -0.25) is 20.3 Å². The van der Waals surface area contributed by atoms with Gasteiger partial charge in [-0.15, -0.1) is 0 Å². The molecule has 10 nitrogen and oxygen atoms in total. The Morgan fingerprint density at radius 1 is 1.14 bits per heavy atom. The molecule has 1 aliphatic heterocycles. The number of amides is 3. The van der Waals surface area contributed by atoms with E-state index in [9.17, 15) is 18.8 Å². The summed E-state index contributed by atoms with van der Waals surface area (Å²) in [5, 5.41) is 10.7. The Morgan fingerprint density at radius 3 is 2.72 bits per heavy atom. The SMILES string of the molecule is CN(C(=O)NCc1cccc(F)c1Cl)[C@H]1CN(C2CC2)C(C(=O)CCCCOC(=O)Nc2cc3ccccc3cn2)CN1. The first-order chi connectivity index (χ1) is 20.8. The second-order valence-electron chi connectivity index (χ2n) is 11.0. The van der Waals surface area contributed by atoms with E-state index in [-0.39, 0.29) is 42.2 Å². The third-order valence-corrected chi connectivity index (χ3v) is 8.30. The van der Waals surface area contributed by atoms with Crippen LogP contribution >= 0.6 is 11.6 Å². The molecule has 12 heteroatoms. The number of unbranched alkanes of at least 4 members (excludes halogenated alkanes) is 1. The van der Waals surface area contributed by atoms with Crippen LogP contribution in [0.15, 0.2) is 54.7 Å². The van der Waals surface area contributed by atoms with Crippen molar-refractivity contribution in [3.63, 3.8) is 0 Å². The Labute approximate surface area is 254 Å². The fraction of sp³-hybridized carbons (Fsp3) is 0.419. The lowest BCUT2D eigenvalue weighted by atomic mass is 10.0. The molecule has 2 fully saturated rings. The van der Waals surface area contributed by atoms with Crippen LogP contribution in [0, 0.1) is 5.82 Å². The lowest BCUT2D eigenvalue weighted by Crippen LogP contribution is -2.65. The van der Waals surface area contributed by atoms with Crippen LogP contribution in [0.4, 0.5) is 19.8 Å². The molecule has 1 aromatic heterocycles. The van der Waals surface area contributed by atoms with Gasteiger partial charge in [0.25, 0.3) is 0 Å². The third-order valence-electron chi connectivity index (χ3n) is 7.88. The highest BCUT2D eigenvalue weighted by Crippen LogP contribution is 2.31. The van der Waals surface area contributed by atoms with E-state index in [2.05, 4.69) is 25.8 Å². The zero-order chi connectivity index (χ0) is 30.3. The average molecular weight is 611 g/mol. The van der Waals surface area contributed by atoms with Crippen molar-refractivity contribution in [2.45, 2.75) is 56.9 Å². The molecule has 0 spiro atoms. The van der Waals surface area contributed by atoms with Crippen LogP contribution < -0.4 is 16.0 Å². The lowest BCUT2D eigenvalue weighted by molar-refractivity contribution is -0.126. The van der Waals surface area contributed by atoms with Crippen molar-refractivity contribution in [1.82, 2.24) is 25.4 Å². The number of aromatic nitrogens is 1. The van der Waals surface area contributed by atoms with Gasteiger partial charge in [-0.1, -0.05) is 48.0 Å². The lowest BCUT2D eigenvalue weighted by Gasteiger charge is -2.43. The van der Waals surface area contributed by atoms with E-state index in [0.717, 1.165) is 23.6 Å². The Hall–Kier alpha value is -3.80. The predicted octanol–water partition coefficient (Wildman–Crippen LogP) is 4.92. The number of ketones is 1. The largest absolute Gasteiger partial charge is 0.449 e. The van der Waals surface area contributed by atoms with Crippen molar-refractivity contribution in [1.29, 1.82) is 0 Å². The number of nitrogens with zero attached hydrogens (tertiary/aromatic N) is 3. The molecule has 1 unspecified atom stereocenters. The summed E-state index contributed by atoms with van der Waals surface area (Å²) in [6.45, 7) is 1.26. The summed E-state index contributed by atoms with van der Waals surface area (Å²) in [4.78, 5) is 46.2. The molecular weight excluding hydrogens is 575 g/mol. The van der Waals surface area contributed by atoms with Gasteiger partial charge in [0.2, 0.25) is 0 Å². The normalized spacial score (nSPS) is 18.7. The van der Waals surface area contributed by atoms with Crippen molar-refractivity contribution in [2.24, 2.45) is 0 Å². The average Bonchev–Trinajstić information content (AvgIpc) is 3.86. The first-order valence-corrected chi connectivity index (χ1v) is 14.9. The maximum atomic E-state index is 13.7. The number of piperazine rings is 1. The predicted molar refractivity (Wildman–Crippen MR) is 162 cm³/mol. The quantitative estimate of drug-likeness (QED) is 0.264. The van der Waals surface area contributed by atoms with Gasteiger partial charge in [0.05, 0.1) is 23.8 Å². The summed E-state index contributed by atoms with van der Waals surface area (Å²) in [5.41, 5.74) is 0.498. The third kappa shape index (κ3) is 7.98. The van der Waals surface area contributed by atoms with Gasteiger partial charge >= 0.3 is 12.1 Å². The van der Waals surface area contributed by atoms with E-state index in [0.29, 0.717) is 49.8 Å². The monoisotopic (exact) mass is 610 g/mol. The first-order valence-electron chi connectivity index (χ1n) is 14.5. The fourth-order valence-corrected chi connectivity index (χ4v) is 5.46. The summed E-state index contributed by atoms with van der Waals surface area (Å²) in [5.74, 6) is 0.0239. The number of pyridine rings is 1. The molecule has 2 atom stereocenters. The highest BCUT2D eigenvalue weighted by atomic mass is 35.5. The van der Waals surface area contributed by atoms with E-state index in [1.807, 2.05) is 24.3 Å². The number of hydrogen-bond acceptors (Lipinski definition) is 7. The second-order valence-corrected chi connectivity index (χ2v) is 11.3. The number of carbonyl (C=O) groups is 3. The summed E-state index contributed by atoms with van der Waals surface area (Å²) in [7, 11) is 1.69. The van der Waals surface area contributed by atoms with Crippen LogP contribution in [0.1, 0.15) is 37.7 Å².